The van der Waals surface area contributed by atoms with Gasteiger partial charge in [0, 0.05) is 12.6 Å². The van der Waals surface area contributed by atoms with E-state index in [4.69, 9.17) is 4.42 Å². The van der Waals surface area contributed by atoms with E-state index in [9.17, 15) is 0 Å². The van der Waals surface area contributed by atoms with Gasteiger partial charge in [0.2, 0.25) is 0 Å². The molecule has 1 aromatic heterocycles. The van der Waals surface area contributed by atoms with Crippen LogP contribution in [0, 0.1) is 5.92 Å². The van der Waals surface area contributed by atoms with Crippen LogP contribution in [0.1, 0.15) is 44.4 Å². The molecule has 19 heavy (non-hydrogen) atoms. The van der Waals surface area contributed by atoms with E-state index < -0.39 is 0 Å². The Morgan fingerprint density at radius 3 is 2.95 bits per heavy atom. The van der Waals surface area contributed by atoms with Crippen molar-refractivity contribution in [2.45, 2.75) is 44.7 Å². The van der Waals surface area contributed by atoms with E-state index >= 15 is 0 Å². The van der Waals surface area contributed by atoms with Crippen molar-refractivity contribution in [3.05, 3.63) is 22.6 Å². The van der Waals surface area contributed by atoms with Crippen molar-refractivity contribution in [3.63, 3.8) is 0 Å². The molecule has 0 radical (unpaired) electrons. The molecule has 0 saturated carbocycles. The number of hydrogen-bond acceptors (Lipinski definition) is 3. The number of rotatable bonds is 3. The molecular weight excluding hydrogens is 304 g/mol. The van der Waals surface area contributed by atoms with Crippen molar-refractivity contribution in [2.75, 3.05) is 19.6 Å². The van der Waals surface area contributed by atoms with Crippen LogP contribution in [0.3, 0.4) is 0 Å². The molecular formula is C15H23BrN2O. The van der Waals surface area contributed by atoms with Crippen molar-refractivity contribution in [3.8, 4) is 0 Å². The van der Waals surface area contributed by atoms with Crippen LogP contribution in [0.25, 0.3) is 0 Å². The summed E-state index contributed by atoms with van der Waals surface area (Å²) in [7, 11) is 0. The fourth-order valence-electron chi connectivity index (χ4n) is 3.57. The van der Waals surface area contributed by atoms with E-state index in [1.54, 1.807) is 0 Å². The molecule has 3 unspecified atom stereocenters. The maximum atomic E-state index is 5.72. The molecule has 2 saturated heterocycles. The molecule has 2 aliphatic heterocycles. The summed E-state index contributed by atoms with van der Waals surface area (Å²) in [5.74, 6) is 1.89. The second-order valence-electron chi connectivity index (χ2n) is 5.92. The maximum absolute atomic E-state index is 5.72. The zero-order valence-electron chi connectivity index (χ0n) is 11.6. The molecule has 0 aromatic carbocycles. The molecule has 3 heterocycles. The standard InChI is InChI=1S/C15H23BrN2O/c1-11(14-6-7-15(16)19-14)18-9-3-4-12(10-18)13-5-2-8-17-13/h6-7,11-13,17H,2-5,8-10H2,1H3. The summed E-state index contributed by atoms with van der Waals surface area (Å²) < 4.78 is 6.55. The minimum absolute atomic E-state index is 0.385. The Balaban J connectivity index is 1.64. The summed E-state index contributed by atoms with van der Waals surface area (Å²) >= 11 is 3.40. The molecule has 2 fully saturated rings. The van der Waals surface area contributed by atoms with Gasteiger partial charge in [-0.1, -0.05) is 0 Å². The van der Waals surface area contributed by atoms with Crippen molar-refractivity contribution in [1.82, 2.24) is 10.2 Å². The number of likely N-dealkylation sites (tertiary alicyclic amines) is 1. The van der Waals surface area contributed by atoms with Gasteiger partial charge in [0.25, 0.3) is 0 Å². The zero-order chi connectivity index (χ0) is 13.2. The summed E-state index contributed by atoms with van der Waals surface area (Å²) in [5.41, 5.74) is 0. The highest BCUT2D eigenvalue weighted by Crippen LogP contribution is 2.31. The van der Waals surface area contributed by atoms with Crippen LogP contribution >= 0.6 is 15.9 Å². The van der Waals surface area contributed by atoms with Gasteiger partial charge in [-0.2, -0.15) is 0 Å². The van der Waals surface area contributed by atoms with Crippen molar-refractivity contribution >= 4 is 15.9 Å². The lowest BCUT2D eigenvalue weighted by Crippen LogP contribution is -2.44. The Bertz CT molecular complexity index is 414. The quantitative estimate of drug-likeness (QED) is 0.920. The third kappa shape index (κ3) is 3.06. The number of furan rings is 1. The molecule has 0 amide bonds. The van der Waals surface area contributed by atoms with Gasteiger partial charge in [-0.15, -0.1) is 0 Å². The van der Waals surface area contributed by atoms with Gasteiger partial charge in [0.05, 0.1) is 6.04 Å². The largest absolute Gasteiger partial charge is 0.453 e. The zero-order valence-corrected chi connectivity index (χ0v) is 13.2. The van der Waals surface area contributed by atoms with Crippen LogP contribution in [0.5, 0.6) is 0 Å². The van der Waals surface area contributed by atoms with E-state index in [0.717, 1.165) is 22.4 Å². The Labute approximate surface area is 123 Å². The molecule has 4 heteroatoms. The molecule has 3 nitrogen and oxygen atoms in total. The van der Waals surface area contributed by atoms with Crippen LogP contribution < -0.4 is 5.32 Å². The average Bonchev–Trinajstić information content (AvgIpc) is 3.09. The summed E-state index contributed by atoms with van der Waals surface area (Å²) in [5, 5.41) is 3.67. The van der Waals surface area contributed by atoms with Crippen LogP contribution in [0.15, 0.2) is 21.2 Å². The molecule has 3 atom stereocenters. The highest BCUT2D eigenvalue weighted by Gasteiger charge is 2.31. The average molecular weight is 327 g/mol. The predicted molar refractivity (Wildman–Crippen MR) is 80.1 cm³/mol. The Morgan fingerprint density at radius 1 is 1.37 bits per heavy atom. The van der Waals surface area contributed by atoms with Crippen molar-refractivity contribution in [2.24, 2.45) is 5.92 Å². The number of piperidine rings is 1. The molecule has 1 aromatic rings. The normalized spacial score (nSPS) is 30.6. The van der Waals surface area contributed by atoms with Crippen LogP contribution in [0.2, 0.25) is 0 Å². The Morgan fingerprint density at radius 2 is 2.26 bits per heavy atom. The maximum Gasteiger partial charge on any atom is 0.169 e. The minimum Gasteiger partial charge on any atom is -0.453 e. The smallest absolute Gasteiger partial charge is 0.169 e. The Hall–Kier alpha value is -0.320. The highest BCUT2D eigenvalue weighted by atomic mass is 79.9. The topological polar surface area (TPSA) is 28.4 Å². The highest BCUT2D eigenvalue weighted by molar-refractivity contribution is 9.10. The van der Waals surface area contributed by atoms with Gasteiger partial charge in [0.1, 0.15) is 5.76 Å². The fraction of sp³-hybridized carbons (Fsp3) is 0.733. The monoisotopic (exact) mass is 326 g/mol. The predicted octanol–water partition coefficient (Wildman–Crippen LogP) is 3.57. The van der Waals surface area contributed by atoms with Gasteiger partial charge in [0.15, 0.2) is 4.67 Å². The van der Waals surface area contributed by atoms with E-state index in [1.165, 1.54) is 45.3 Å². The molecule has 0 spiro atoms. The van der Waals surface area contributed by atoms with E-state index in [0.29, 0.717) is 6.04 Å². The number of hydrogen-bond donors (Lipinski definition) is 1. The molecule has 2 aliphatic rings. The molecule has 0 aliphatic carbocycles. The van der Waals surface area contributed by atoms with Crippen LogP contribution in [-0.4, -0.2) is 30.6 Å². The number of nitrogens with one attached hydrogen (secondary N) is 1. The first-order valence-corrected chi connectivity index (χ1v) is 8.26. The summed E-state index contributed by atoms with van der Waals surface area (Å²) in [6.45, 7) is 5.87. The van der Waals surface area contributed by atoms with Gasteiger partial charge >= 0.3 is 0 Å². The number of halogens is 1. The van der Waals surface area contributed by atoms with E-state index in [1.807, 2.05) is 6.07 Å². The second kappa shape index (κ2) is 5.98. The second-order valence-corrected chi connectivity index (χ2v) is 6.70. The third-order valence-electron chi connectivity index (χ3n) is 4.71. The molecule has 106 valence electrons. The number of nitrogens with zero attached hydrogens (tertiary/aromatic N) is 1. The first-order chi connectivity index (χ1) is 9.24. The molecule has 3 rings (SSSR count). The van der Waals surface area contributed by atoms with Crippen LogP contribution in [0.4, 0.5) is 0 Å². The van der Waals surface area contributed by atoms with E-state index in [-0.39, 0.29) is 0 Å². The van der Waals surface area contributed by atoms with Crippen molar-refractivity contribution in [1.29, 1.82) is 0 Å². The van der Waals surface area contributed by atoms with Crippen molar-refractivity contribution < 1.29 is 4.42 Å². The summed E-state index contributed by atoms with van der Waals surface area (Å²) in [6.07, 6.45) is 5.40. The van der Waals surface area contributed by atoms with Gasteiger partial charge in [-0.05, 0) is 79.7 Å². The van der Waals surface area contributed by atoms with E-state index in [2.05, 4.69) is 39.1 Å². The lowest BCUT2D eigenvalue weighted by atomic mass is 9.89. The van der Waals surface area contributed by atoms with Gasteiger partial charge < -0.3 is 9.73 Å². The third-order valence-corrected chi connectivity index (χ3v) is 5.14. The lowest BCUT2D eigenvalue weighted by molar-refractivity contribution is 0.103. The molecule has 0 bridgehead atoms. The lowest BCUT2D eigenvalue weighted by Gasteiger charge is -2.38. The SMILES string of the molecule is CC(c1ccc(Br)o1)N1CCCC(C2CCCN2)C1. The van der Waals surface area contributed by atoms with Gasteiger partial charge in [-0.25, -0.2) is 0 Å². The summed E-state index contributed by atoms with van der Waals surface area (Å²) in [4.78, 5) is 2.58. The summed E-state index contributed by atoms with van der Waals surface area (Å²) in [6, 6.07) is 5.21. The van der Waals surface area contributed by atoms with Gasteiger partial charge in [-0.3, -0.25) is 4.90 Å². The first kappa shape index (κ1) is 13.7. The first-order valence-electron chi connectivity index (χ1n) is 7.46. The van der Waals surface area contributed by atoms with Crippen LogP contribution in [-0.2, 0) is 0 Å². The minimum atomic E-state index is 0.385. The molecule has 1 N–H and O–H groups in total. The Kier molecular flexibility index (Phi) is 4.30. The fourth-order valence-corrected chi connectivity index (χ4v) is 3.89.